The molecule has 2 N–H and O–H groups in total. The van der Waals surface area contributed by atoms with Crippen LogP contribution in [0.25, 0.3) is 0 Å². The Morgan fingerprint density at radius 3 is 2.60 bits per heavy atom. The fourth-order valence-electron chi connectivity index (χ4n) is 1.87. The van der Waals surface area contributed by atoms with Gasteiger partial charge in [0.1, 0.15) is 0 Å². The minimum absolute atomic E-state index is 0.310. The molecule has 0 amide bonds. The summed E-state index contributed by atoms with van der Waals surface area (Å²) in [5.74, 6) is 0.637. The second-order valence-electron chi connectivity index (χ2n) is 4.17. The minimum Gasteiger partial charge on any atom is -0.370 e. The van der Waals surface area contributed by atoms with Crippen molar-refractivity contribution in [3.63, 3.8) is 0 Å². The molecule has 0 spiro atoms. The molecule has 0 radical (unpaired) electrons. The number of aliphatic imine (C=N–C) groups is 1. The zero-order valence-corrected chi connectivity index (χ0v) is 9.49. The molecule has 1 aliphatic rings. The Morgan fingerprint density at radius 2 is 2.07 bits per heavy atom. The van der Waals surface area contributed by atoms with Gasteiger partial charge in [-0.2, -0.15) is 0 Å². The molecule has 3 heteroatoms. The van der Waals surface area contributed by atoms with Gasteiger partial charge in [-0.3, -0.25) is 4.99 Å². The lowest BCUT2D eigenvalue weighted by Gasteiger charge is -2.22. The highest BCUT2D eigenvalue weighted by Crippen LogP contribution is 2.25. The summed E-state index contributed by atoms with van der Waals surface area (Å²) >= 11 is 0. The second kappa shape index (κ2) is 3.57. The van der Waals surface area contributed by atoms with E-state index in [1.807, 2.05) is 11.9 Å². The number of nitrogens with zero attached hydrogens (tertiary/aromatic N) is 2. The van der Waals surface area contributed by atoms with Crippen molar-refractivity contribution in [1.29, 1.82) is 0 Å². The van der Waals surface area contributed by atoms with Gasteiger partial charge < -0.3 is 10.6 Å². The van der Waals surface area contributed by atoms with Crippen LogP contribution in [0.2, 0.25) is 0 Å². The van der Waals surface area contributed by atoms with E-state index in [-0.39, 0.29) is 0 Å². The van der Waals surface area contributed by atoms with Crippen molar-refractivity contribution in [3.8, 4) is 0 Å². The summed E-state index contributed by atoms with van der Waals surface area (Å²) in [6.07, 6.45) is 0. The Hall–Kier alpha value is -1.51. The Kier molecular flexibility index (Phi) is 2.39. The van der Waals surface area contributed by atoms with Crippen LogP contribution >= 0.6 is 0 Å². The zero-order chi connectivity index (χ0) is 11.0. The highest BCUT2D eigenvalue weighted by atomic mass is 15.3. The van der Waals surface area contributed by atoms with E-state index in [1.54, 1.807) is 0 Å². The highest BCUT2D eigenvalue weighted by Gasteiger charge is 2.23. The number of benzene rings is 1. The number of guanidine groups is 1. The van der Waals surface area contributed by atoms with Gasteiger partial charge >= 0.3 is 0 Å². The van der Waals surface area contributed by atoms with Crippen LogP contribution in [0.5, 0.6) is 0 Å². The SMILES string of the molecule is Cc1ccc(C2CN=C(N)N2C)cc1C. The van der Waals surface area contributed by atoms with Crippen molar-refractivity contribution in [2.45, 2.75) is 19.9 Å². The van der Waals surface area contributed by atoms with Crippen LogP contribution in [-0.4, -0.2) is 24.5 Å². The molecule has 3 nitrogen and oxygen atoms in total. The molecule has 1 aliphatic heterocycles. The van der Waals surface area contributed by atoms with Crippen LogP contribution in [0.1, 0.15) is 22.7 Å². The van der Waals surface area contributed by atoms with Crippen LogP contribution in [0.4, 0.5) is 0 Å². The Bertz CT molecular complexity index is 409. The van der Waals surface area contributed by atoms with Crippen LogP contribution in [-0.2, 0) is 0 Å². The highest BCUT2D eigenvalue weighted by molar-refractivity contribution is 5.80. The molecule has 0 fully saturated rings. The summed E-state index contributed by atoms with van der Waals surface area (Å²) < 4.78 is 0. The molecule has 0 saturated carbocycles. The molecule has 1 atom stereocenters. The second-order valence-corrected chi connectivity index (χ2v) is 4.17. The fourth-order valence-corrected chi connectivity index (χ4v) is 1.87. The van der Waals surface area contributed by atoms with Crippen LogP contribution in [0.3, 0.4) is 0 Å². The lowest BCUT2D eigenvalue weighted by molar-refractivity contribution is 0.414. The number of nitrogens with two attached hydrogens (primary N) is 1. The molecule has 1 aromatic rings. The first-order chi connectivity index (χ1) is 7.09. The molecule has 1 unspecified atom stereocenters. The maximum Gasteiger partial charge on any atom is 0.191 e. The van der Waals surface area contributed by atoms with Crippen molar-refractivity contribution in [1.82, 2.24) is 4.90 Å². The van der Waals surface area contributed by atoms with Crippen molar-refractivity contribution < 1.29 is 0 Å². The predicted octanol–water partition coefficient (Wildman–Crippen LogP) is 1.60. The van der Waals surface area contributed by atoms with Crippen molar-refractivity contribution in [2.24, 2.45) is 10.7 Å². The molecule has 0 aromatic heterocycles. The molecule has 0 aliphatic carbocycles. The van der Waals surface area contributed by atoms with Crippen molar-refractivity contribution >= 4 is 5.96 Å². The third-order valence-electron chi connectivity index (χ3n) is 3.17. The first-order valence-electron chi connectivity index (χ1n) is 5.19. The molecule has 1 aromatic carbocycles. The topological polar surface area (TPSA) is 41.6 Å². The first kappa shape index (κ1) is 10.0. The van der Waals surface area contributed by atoms with E-state index in [4.69, 9.17) is 5.73 Å². The van der Waals surface area contributed by atoms with Crippen LogP contribution in [0, 0.1) is 13.8 Å². The number of hydrogen-bond donors (Lipinski definition) is 1. The molecular weight excluding hydrogens is 186 g/mol. The molecule has 0 saturated heterocycles. The lowest BCUT2D eigenvalue weighted by atomic mass is 10.0. The van der Waals surface area contributed by atoms with Crippen molar-refractivity contribution in [3.05, 3.63) is 34.9 Å². The standard InChI is InChI=1S/C12H17N3/c1-8-4-5-10(6-9(8)2)11-7-14-12(13)15(11)3/h4-6,11H,7H2,1-3H3,(H2,13,14). The summed E-state index contributed by atoms with van der Waals surface area (Å²) in [5, 5.41) is 0. The van der Waals surface area contributed by atoms with Gasteiger partial charge in [-0.25, -0.2) is 0 Å². The van der Waals surface area contributed by atoms with Gasteiger partial charge in [0.25, 0.3) is 0 Å². The fraction of sp³-hybridized carbons (Fsp3) is 0.417. The lowest BCUT2D eigenvalue weighted by Crippen LogP contribution is -2.32. The number of hydrogen-bond acceptors (Lipinski definition) is 3. The maximum atomic E-state index is 5.75. The van der Waals surface area contributed by atoms with Gasteiger partial charge in [-0.1, -0.05) is 18.2 Å². The smallest absolute Gasteiger partial charge is 0.191 e. The minimum atomic E-state index is 0.310. The quantitative estimate of drug-likeness (QED) is 0.753. The third kappa shape index (κ3) is 1.69. The largest absolute Gasteiger partial charge is 0.370 e. The molecule has 0 bridgehead atoms. The van der Waals surface area contributed by atoms with E-state index in [0.717, 1.165) is 6.54 Å². The van der Waals surface area contributed by atoms with Crippen molar-refractivity contribution in [2.75, 3.05) is 13.6 Å². The monoisotopic (exact) mass is 203 g/mol. The van der Waals surface area contributed by atoms with E-state index in [9.17, 15) is 0 Å². The summed E-state index contributed by atoms with van der Waals surface area (Å²) in [7, 11) is 1.99. The molecule has 80 valence electrons. The average Bonchev–Trinajstić information content (AvgIpc) is 2.53. The molecular formula is C12H17N3. The number of likely N-dealkylation sites (N-methyl/N-ethyl adjacent to an activating group) is 1. The van der Waals surface area contributed by atoms with Gasteiger partial charge in [-0.15, -0.1) is 0 Å². The van der Waals surface area contributed by atoms with E-state index < -0.39 is 0 Å². The van der Waals surface area contributed by atoms with Gasteiger partial charge in [0.2, 0.25) is 0 Å². The maximum absolute atomic E-state index is 5.75. The molecule has 15 heavy (non-hydrogen) atoms. The summed E-state index contributed by atoms with van der Waals surface area (Å²) in [5.41, 5.74) is 9.70. The van der Waals surface area contributed by atoms with Gasteiger partial charge in [0, 0.05) is 7.05 Å². The van der Waals surface area contributed by atoms with Gasteiger partial charge in [0.05, 0.1) is 12.6 Å². The summed E-state index contributed by atoms with van der Waals surface area (Å²) in [6.45, 7) is 5.03. The van der Waals surface area contributed by atoms with E-state index in [1.165, 1.54) is 16.7 Å². The van der Waals surface area contributed by atoms with Crippen LogP contribution < -0.4 is 5.73 Å². The van der Waals surface area contributed by atoms with Gasteiger partial charge in [-0.05, 0) is 30.5 Å². The molecule has 2 rings (SSSR count). The Labute approximate surface area is 90.6 Å². The van der Waals surface area contributed by atoms with Gasteiger partial charge in [0.15, 0.2) is 5.96 Å². The number of rotatable bonds is 1. The van der Waals surface area contributed by atoms with E-state index in [2.05, 4.69) is 37.0 Å². The predicted molar refractivity (Wildman–Crippen MR) is 62.9 cm³/mol. The third-order valence-corrected chi connectivity index (χ3v) is 3.17. The number of aryl methyl sites for hydroxylation is 2. The Morgan fingerprint density at radius 1 is 1.33 bits per heavy atom. The molecule has 1 heterocycles. The van der Waals surface area contributed by atoms with Crippen LogP contribution in [0.15, 0.2) is 23.2 Å². The average molecular weight is 203 g/mol. The Balaban J connectivity index is 2.28. The first-order valence-corrected chi connectivity index (χ1v) is 5.19. The zero-order valence-electron chi connectivity index (χ0n) is 9.49. The summed E-state index contributed by atoms with van der Waals surface area (Å²) in [6, 6.07) is 6.86. The normalized spacial score (nSPS) is 20.6. The summed E-state index contributed by atoms with van der Waals surface area (Å²) in [4.78, 5) is 6.28. The van der Waals surface area contributed by atoms with E-state index in [0.29, 0.717) is 12.0 Å². The van der Waals surface area contributed by atoms with E-state index >= 15 is 0 Å².